The van der Waals surface area contributed by atoms with E-state index in [0.29, 0.717) is 11.7 Å². The van der Waals surface area contributed by atoms with Crippen LogP contribution < -0.4 is 4.74 Å². The first-order chi connectivity index (χ1) is 11.7. The fraction of sp³-hybridized carbons (Fsp3) is 0.682. The predicted octanol–water partition coefficient (Wildman–Crippen LogP) is 6.29. The maximum absolute atomic E-state index is 12.5. The maximum Gasteiger partial charge on any atom is 0.140 e. The van der Waals surface area contributed by atoms with Crippen LogP contribution in [0.4, 0.5) is 0 Å². The van der Waals surface area contributed by atoms with Crippen LogP contribution >= 0.6 is 0 Å². The summed E-state index contributed by atoms with van der Waals surface area (Å²) in [6.07, 6.45) is 11.6. The van der Waals surface area contributed by atoms with Crippen LogP contribution in [0.5, 0.6) is 5.75 Å². The lowest BCUT2D eigenvalue weighted by Crippen LogP contribution is -2.23. The van der Waals surface area contributed by atoms with Gasteiger partial charge in [-0.3, -0.25) is 4.79 Å². The highest BCUT2D eigenvalue weighted by atomic mass is 16.5. The lowest BCUT2D eigenvalue weighted by molar-refractivity contribution is -0.123. The third-order valence-corrected chi connectivity index (χ3v) is 5.26. The van der Waals surface area contributed by atoms with Crippen LogP contribution in [-0.4, -0.2) is 12.4 Å². The molecule has 1 saturated carbocycles. The van der Waals surface area contributed by atoms with Crippen LogP contribution in [-0.2, 0) is 4.79 Å². The second-order valence-electron chi connectivity index (χ2n) is 7.29. The van der Waals surface area contributed by atoms with E-state index < -0.39 is 0 Å². The zero-order valence-corrected chi connectivity index (χ0v) is 15.6. The third-order valence-electron chi connectivity index (χ3n) is 5.26. The molecular weight excluding hydrogens is 296 g/mol. The molecule has 0 N–H and O–H groups in total. The standard InChI is InChI=1S/C22H34O2/c1-3-5-7-8-16-24-20-13-11-19(12-14-20)21-15-10-18(9-6-4-2)17-22(21)23/h11-14,18,21H,3-10,15-17H2,1-2H3. The molecule has 0 heterocycles. The van der Waals surface area contributed by atoms with E-state index in [1.165, 1.54) is 50.5 Å². The van der Waals surface area contributed by atoms with Crippen molar-refractivity contribution in [2.24, 2.45) is 5.92 Å². The van der Waals surface area contributed by atoms with Crippen LogP contribution in [0.1, 0.15) is 89.5 Å². The summed E-state index contributed by atoms with van der Waals surface area (Å²) < 4.78 is 5.80. The number of hydrogen-bond acceptors (Lipinski definition) is 2. The van der Waals surface area contributed by atoms with Gasteiger partial charge < -0.3 is 4.74 Å². The quantitative estimate of drug-likeness (QED) is 0.471. The summed E-state index contributed by atoms with van der Waals surface area (Å²) in [7, 11) is 0. The molecule has 2 atom stereocenters. The zero-order valence-electron chi connectivity index (χ0n) is 15.6. The summed E-state index contributed by atoms with van der Waals surface area (Å²) in [5, 5.41) is 0. The van der Waals surface area contributed by atoms with Crippen molar-refractivity contribution >= 4 is 5.78 Å². The number of benzene rings is 1. The van der Waals surface area contributed by atoms with Crippen LogP contribution in [0.2, 0.25) is 0 Å². The summed E-state index contributed by atoms with van der Waals surface area (Å²) >= 11 is 0. The van der Waals surface area contributed by atoms with E-state index in [-0.39, 0.29) is 5.92 Å². The Morgan fingerprint density at radius 2 is 1.71 bits per heavy atom. The number of unbranched alkanes of at least 4 members (excludes halogenated alkanes) is 4. The summed E-state index contributed by atoms with van der Waals surface area (Å²) in [4.78, 5) is 12.5. The number of carbonyl (C=O) groups excluding carboxylic acids is 1. The molecule has 0 amide bonds. The first kappa shape index (κ1) is 19.0. The van der Waals surface area contributed by atoms with E-state index in [0.717, 1.165) is 31.6 Å². The zero-order chi connectivity index (χ0) is 17.2. The van der Waals surface area contributed by atoms with Crippen molar-refractivity contribution in [3.05, 3.63) is 29.8 Å². The van der Waals surface area contributed by atoms with Crippen molar-refractivity contribution < 1.29 is 9.53 Å². The van der Waals surface area contributed by atoms with Crippen LogP contribution in [0.15, 0.2) is 24.3 Å². The third kappa shape index (κ3) is 5.96. The van der Waals surface area contributed by atoms with E-state index in [2.05, 4.69) is 26.0 Å². The fourth-order valence-corrected chi connectivity index (χ4v) is 3.70. The molecule has 0 aromatic heterocycles. The number of hydrogen-bond donors (Lipinski definition) is 0. The molecule has 24 heavy (non-hydrogen) atoms. The number of ketones is 1. The average molecular weight is 331 g/mol. The molecule has 1 aliphatic rings. The van der Waals surface area contributed by atoms with Gasteiger partial charge in [-0.1, -0.05) is 64.5 Å². The predicted molar refractivity (Wildman–Crippen MR) is 101 cm³/mol. The second kappa shape index (κ2) is 10.5. The van der Waals surface area contributed by atoms with E-state index >= 15 is 0 Å². The monoisotopic (exact) mass is 330 g/mol. The molecule has 0 radical (unpaired) electrons. The van der Waals surface area contributed by atoms with E-state index in [1.807, 2.05) is 12.1 Å². The van der Waals surface area contributed by atoms with Crippen LogP contribution in [0.25, 0.3) is 0 Å². The molecule has 0 aliphatic heterocycles. The highest BCUT2D eigenvalue weighted by molar-refractivity contribution is 5.86. The molecule has 1 fully saturated rings. The van der Waals surface area contributed by atoms with Gasteiger partial charge in [0.05, 0.1) is 6.61 Å². The lowest BCUT2D eigenvalue weighted by Gasteiger charge is -2.27. The molecule has 0 spiro atoms. The molecule has 2 heteroatoms. The molecule has 1 aromatic carbocycles. The highest BCUT2D eigenvalue weighted by Gasteiger charge is 2.29. The van der Waals surface area contributed by atoms with Gasteiger partial charge >= 0.3 is 0 Å². The Balaban J connectivity index is 1.79. The van der Waals surface area contributed by atoms with Crippen molar-refractivity contribution in [1.29, 1.82) is 0 Å². The first-order valence-electron chi connectivity index (χ1n) is 10.00. The van der Waals surface area contributed by atoms with Gasteiger partial charge in [-0.05, 0) is 42.9 Å². The van der Waals surface area contributed by atoms with Gasteiger partial charge in [0.1, 0.15) is 11.5 Å². The Bertz CT molecular complexity index is 477. The SMILES string of the molecule is CCCCCCOc1ccc(C2CCC(CCCC)CC2=O)cc1. The van der Waals surface area contributed by atoms with Gasteiger partial charge in [0.2, 0.25) is 0 Å². The molecule has 2 nitrogen and oxygen atoms in total. The first-order valence-corrected chi connectivity index (χ1v) is 10.00. The van der Waals surface area contributed by atoms with Crippen LogP contribution in [0, 0.1) is 5.92 Å². The summed E-state index contributed by atoms with van der Waals surface area (Å²) in [6, 6.07) is 8.25. The van der Waals surface area contributed by atoms with Crippen molar-refractivity contribution in [3.63, 3.8) is 0 Å². The molecular formula is C22H34O2. The largest absolute Gasteiger partial charge is 0.494 e. The van der Waals surface area contributed by atoms with Crippen molar-refractivity contribution in [3.8, 4) is 5.75 Å². The molecule has 1 aromatic rings. The molecule has 134 valence electrons. The minimum absolute atomic E-state index is 0.112. The summed E-state index contributed by atoms with van der Waals surface area (Å²) in [6.45, 7) is 5.24. The van der Waals surface area contributed by atoms with E-state index in [9.17, 15) is 4.79 Å². The van der Waals surface area contributed by atoms with E-state index in [4.69, 9.17) is 4.74 Å². The molecule has 1 aliphatic carbocycles. The highest BCUT2D eigenvalue weighted by Crippen LogP contribution is 2.35. The molecule has 2 unspecified atom stereocenters. The Morgan fingerprint density at radius 1 is 0.958 bits per heavy atom. The topological polar surface area (TPSA) is 26.3 Å². The number of ether oxygens (including phenoxy) is 1. The van der Waals surface area contributed by atoms with Gasteiger partial charge in [0.25, 0.3) is 0 Å². The van der Waals surface area contributed by atoms with Gasteiger partial charge in [-0.15, -0.1) is 0 Å². The minimum atomic E-state index is 0.112. The Morgan fingerprint density at radius 3 is 2.38 bits per heavy atom. The van der Waals surface area contributed by atoms with Gasteiger partial charge in [0, 0.05) is 12.3 Å². The average Bonchev–Trinajstić information content (AvgIpc) is 2.60. The Hall–Kier alpha value is -1.31. The minimum Gasteiger partial charge on any atom is -0.494 e. The summed E-state index contributed by atoms with van der Waals surface area (Å²) in [5.74, 6) is 2.11. The molecule has 0 saturated heterocycles. The number of carbonyl (C=O) groups is 1. The van der Waals surface area contributed by atoms with Crippen molar-refractivity contribution in [2.45, 2.75) is 84.0 Å². The maximum atomic E-state index is 12.5. The number of rotatable bonds is 10. The Labute approximate surface area is 148 Å². The van der Waals surface area contributed by atoms with Crippen molar-refractivity contribution in [1.82, 2.24) is 0 Å². The van der Waals surface area contributed by atoms with Crippen LogP contribution in [0.3, 0.4) is 0 Å². The second-order valence-corrected chi connectivity index (χ2v) is 7.29. The number of Topliss-reactive ketones (excluding diaryl/α,β-unsaturated/α-hetero) is 1. The summed E-state index contributed by atoms with van der Waals surface area (Å²) in [5.41, 5.74) is 1.17. The smallest absolute Gasteiger partial charge is 0.140 e. The lowest BCUT2D eigenvalue weighted by atomic mass is 9.76. The normalized spacial score (nSPS) is 21.0. The molecule has 2 rings (SSSR count). The van der Waals surface area contributed by atoms with Gasteiger partial charge in [-0.25, -0.2) is 0 Å². The van der Waals surface area contributed by atoms with Crippen molar-refractivity contribution in [2.75, 3.05) is 6.61 Å². The molecule has 0 bridgehead atoms. The fourth-order valence-electron chi connectivity index (χ4n) is 3.70. The van der Waals surface area contributed by atoms with Gasteiger partial charge in [0.15, 0.2) is 0 Å². The Kier molecular flexibility index (Phi) is 8.35. The van der Waals surface area contributed by atoms with E-state index in [1.54, 1.807) is 0 Å². The van der Waals surface area contributed by atoms with Gasteiger partial charge in [-0.2, -0.15) is 0 Å².